The Balaban J connectivity index is 2.54. The molecular formula is C11H15NO2. The Morgan fingerprint density at radius 3 is 2.79 bits per heavy atom. The van der Waals surface area contributed by atoms with Crippen LogP contribution < -0.4 is 5.73 Å². The van der Waals surface area contributed by atoms with Crippen molar-refractivity contribution in [2.45, 2.75) is 20.0 Å². The number of carbonyl (C=O) groups is 1. The molecule has 0 bridgehead atoms. The van der Waals surface area contributed by atoms with E-state index in [-0.39, 0.29) is 12.5 Å². The van der Waals surface area contributed by atoms with Crippen molar-refractivity contribution in [3.05, 3.63) is 35.4 Å². The van der Waals surface area contributed by atoms with Gasteiger partial charge in [-0.25, -0.2) is 0 Å². The largest absolute Gasteiger partial charge is 0.460 e. The maximum absolute atomic E-state index is 10.8. The minimum absolute atomic E-state index is 0.0620. The minimum atomic E-state index is -0.369. The Hall–Kier alpha value is -1.35. The third kappa shape index (κ3) is 3.18. The van der Waals surface area contributed by atoms with Crippen molar-refractivity contribution < 1.29 is 9.53 Å². The van der Waals surface area contributed by atoms with Gasteiger partial charge in [0.05, 0.1) is 6.54 Å². The molecule has 0 aliphatic heterocycles. The smallest absolute Gasteiger partial charge is 0.320 e. The summed E-state index contributed by atoms with van der Waals surface area (Å²) in [5, 5.41) is 0. The van der Waals surface area contributed by atoms with Crippen LogP contribution in [0.4, 0.5) is 0 Å². The van der Waals surface area contributed by atoms with Crippen LogP contribution in [0.15, 0.2) is 24.3 Å². The topological polar surface area (TPSA) is 52.3 Å². The van der Waals surface area contributed by atoms with Gasteiger partial charge < -0.3 is 10.5 Å². The normalized spacial score (nSPS) is 9.86. The molecule has 0 saturated heterocycles. The molecule has 14 heavy (non-hydrogen) atoms. The maximum Gasteiger partial charge on any atom is 0.320 e. The summed E-state index contributed by atoms with van der Waals surface area (Å²) in [5.74, 6) is -0.369. The van der Waals surface area contributed by atoms with Crippen molar-refractivity contribution in [2.24, 2.45) is 5.73 Å². The highest BCUT2D eigenvalue weighted by molar-refractivity contribution is 5.71. The molecule has 0 fully saturated rings. The Morgan fingerprint density at radius 1 is 1.43 bits per heavy atom. The third-order valence-electron chi connectivity index (χ3n) is 1.97. The number of nitrogens with two attached hydrogens (primary N) is 1. The van der Waals surface area contributed by atoms with Gasteiger partial charge >= 0.3 is 5.97 Å². The molecule has 3 nitrogen and oxygen atoms in total. The van der Waals surface area contributed by atoms with Crippen LogP contribution in [0.1, 0.15) is 18.1 Å². The summed E-state index contributed by atoms with van der Waals surface area (Å²) in [7, 11) is 0. The molecule has 0 aromatic heterocycles. The predicted octanol–water partition coefficient (Wildman–Crippen LogP) is 1.25. The van der Waals surface area contributed by atoms with E-state index in [0.717, 1.165) is 12.0 Å². The first-order valence-corrected chi connectivity index (χ1v) is 4.69. The average Bonchev–Trinajstić information content (AvgIpc) is 2.26. The van der Waals surface area contributed by atoms with Crippen LogP contribution in [0, 0.1) is 0 Å². The fourth-order valence-corrected chi connectivity index (χ4v) is 1.16. The quantitative estimate of drug-likeness (QED) is 0.732. The first-order valence-electron chi connectivity index (χ1n) is 4.69. The molecule has 0 amide bonds. The monoisotopic (exact) mass is 193 g/mol. The van der Waals surface area contributed by atoms with Gasteiger partial charge in [0.1, 0.15) is 6.61 Å². The van der Waals surface area contributed by atoms with Gasteiger partial charge in [-0.1, -0.05) is 31.2 Å². The number of ether oxygens (including phenoxy) is 1. The van der Waals surface area contributed by atoms with Crippen LogP contribution in [-0.2, 0) is 22.6 Å². The molecule has 3 heteroatoms. The van der Waals surface area contributed by atoms with E-state index in [4.69, 9.17) is 10.5 Å². The second kappa shape index (κ2) is 5.40. The molecule has 1 rings (SSSR count). The maximum atomic E-state index is 10.8. The summed E-state index contributed by atoms with van der Waals surface area (Å²) < 4.78 is 4.91. The standard InChI is InChI=1S/C11H15NO2/c1-2-9-4-3-5-10(6-9)8-14-11(13)7-12/h3-6H,2,7-8,12H2,1H3. The summed E-state index contributed by atoms with van der Waals surface area (Å²) in [4.78, 5) is 10.8. The van der Waals surface area contributed by atoms with Gasteiger partial charge in [-0.3, -0.25) is 4.79 Å². The van der Waals surface area contributed by atoms with Crippen LogP contribution >= 0.6 is 0 Å². The highest BCUT2D eigenvalue weighted by atomic mass is 16.5. The van der Waals surface area contributed by atoms with E-state index < -0.39 is 0 Å². The van der Waals surface area contributed by atoms with Crippen molar-refractivity contribution in [3.8, 4) is 0 Å². The molecule has 0 unspecified atom stereocenters. The number of carbonyl (C=O) groups excluding carboxylic acids is 1. The number of aryl methyl sites for hydroxylation is 1. The van der Waals surface area contributed by atoms with E-state index in [2.05, 4.69) is 6.92 Å². The first-order chi connectivity index (χ1) is 6.76. The van der Waals surface area contributed by atoms with Crippen LogP contribution in [-0.4, -0.2) is 12.5 Å². The molecule has 1 aromatic carbocycles. The molecule has 0 heterocycles. The SMILES string of the molecule is CCc1cccc(COC(=O)CN)c1. The Bertz CT molecular complexity index is 310. The van der Waals surface area contributed by atoms with E-state index in [0.29, 0.717) is 6.61 Å². The fraction of sp³-hybridized carbons (Fsp3) is 0.364. The molecule has 0 aliphatic carbocycles. The molecule has 0 spiro atoms. The highest BCUT2D eigenvalue weighted by Gasteiger charge is 1.99. The molecule has 2 N–H and O–H groups in total. The number of rotatable bonds is 4. The van der Waals surface area contributed by atoms with Crippen molar-refractivity contribution >= 4 is 5.97 Å². The molecule has 76 valence electrons. The fourth-order valence-electron chi connectivity index (χ4n) is 1.16. The first kappa shape index (κ1) is 10.7. The lowest BCUT2D eigenvalue weighted by Crippen LogP contribution is -2.16. The van der Waals surface area contributed by atoms with Crippen molar-refractivity contribution in [1.29, 1.82) is 0 Å². The Kier molecular flexibility index (Phi) is 4.13. The van der Waals surface area contributed by atoms with Gasteiger partial charge in [0.15, 0.2) is 0 Å². The Morgan fingerprint density at radius 2 is 2.14 bits per heavy atom. The van der Waals surface area contributed by atoms with Crippen LogP contribution in [0.5, 0.6) is 0 Å². The summed E-state index contributed by atoms with van der Waals surface area (Å²) in [6.45, 7) is 2.34. The summed E-state index contributed by atoms with van der Waals surface area (Å²) in [6, 6.07) is 7.98. The van der Waals surface area contributed by atoms with E-state index in [1.807, 2.05) is 24.3 Å². The number of hydrogen-bond donors (Lipinski definition) is 1. The van der Waals surface area contributed by atoms with Crippen molar-refractivity contribution in [1.82, 2.24) is 0 Å². The van der Waals surface area contributed by atoms with Crippen LogP contribution in [0.3, 0.4) is 0 Å². The van der Waals surface area contributed by atoms with Gasteiger partial charge in [0, 0.05) is 0 Å². The molecule has 0 aliphatic rings. The van der Waals surface area contributed by atoms with Gasteiger partial charge in [0.2, 0.25) is 0 Å². The third-order valence-corrected chi connectivity index (χ3v) is 1.97. The van der Waals surface area contributed by atoms with Gasteiger partial charge in [0.25, 0.3) is 0 Å². The zero-order chi connectivity index (χ0) is 10.4. The molecule has 0 atom stereocenters. The molecule has 0 radical (unpaired) electrons. The van der Waals surface area contributed by atoms with E-state index in [1.54, 1.807) is 0 Å². The summed E-state index contributed by atoms with van der Waals surface area (Å²) >= 11 is 0. The van der Waals surface area contributed by atoms with Gasteiger partial charge in [-0.15, -0.1) is 0 Å². The number of benzene rings is 1. The number of esters is 1. The zero-order valence-electron chi connectivity index (χ0n) is 8.32. The Labute approximate surface area is 83.9 Å². The van der Waals surface area contributed by atoms with Crippen molar-refractivity contribution in [2.75, 3.05) is 6.54 Å². The van der Waals surface area contributed by atoms with Gasteiger partial charge in [-0.05, 0) is 17.5 Å². The second-order valence-electron chi connectivity index (χ2n) is 3.04. The molecule has 1 aromatic rings. The van der Waals surface area contributed by atoms with Crippen LogP contribution in [0.2, 0.25) is 0 Å². The average molecular weight is 193 g/mol. The lowest BCUT2D eigenvalue weighted by Gasteiger charge is -2.04. The van der Waals surface area contributed by atoms with E-state index in [1.165, 1.54) is 5.56 Å². The molecule has 0 saturated carbocycles. The lowest BCUT2D eigenvalue weighted by atomic mass is 10.1. The summed E-state index contributed by atoms with van der Waals surface area (Å²) in [6.07, 6.45) is 0.985. The highest BCUT2D eigenvalue weighted by Crippen LogP contribution is 2.07. The van der Waals surface area contributed by atoms with Crippen LogP contribution in [0.25, 0.3) is 0 Å². The van der Waals surface area contributed by atoms with Crippen molar-refractivity contribution in [3.63, 3.8) is 0 Å². The van der Waals surface area contributed by atoms with E-state index in [9.17, 15) is 4.79 Å². The summed E-state index contributed by atoms with van der Waals surface area (Å²) in [5.41, 5.74) is 7.37. The lowest BCUT2D eigenvalue weighted by molar-refractivity contribution is -0.143. The number of hydrogen-bond acceptors (Lipinski definition) is 3. The van der Waals surface area contributed by atoms with E-state index >= 15 is 0 Å². The second-order valence-corrected chi connectivity index (χ2v) is 3.04. The predicted molar refractivity (Wildman–Crippen MR) is 54.7 cm³/mol. The zero-order valence-corrected chi connectivity index (χ0v) is 8.32. The van der Waals surface area contributed by atoms with Gasteiger partial charge in [-0.2, -0.15) is 0 Å². The minimum Gasteiger partial charge on any atom is -0.460 e. The molecular weight excluding hydrogens is 178 g/mol.